The number of hydrogen-bond donors (Lipinski definition) is 2. The zero-order valence-corrected chi connectivity index (χ0v) is 11.1. The summed E-state index contributed by atoms with van der Waals surface area (Å²) in [5, 5.41) is 6.16. The first-order chi connectivity index (χ1) is 8.72. The second-order valence-corrected chi connectivity index (χ2v) is 5.26. The van der Waals surface area contributed by atoms with E-state index in [4.69, 9.17) is 0 Å². The van der Waals surface area contributed by atoms with Gasteiger partial charge in [-0.3, -0.25) is 9.59 Å². The number of rotatable bonds is 5. The summed E-state index contributed by atoms with van der Waals surface area (Å²) in [4.78, 5) is 25.7. The number of nitrogens with one attached hydrogen (secondary N) is 2. The second kappa shape index (κ2) is 6.18. The van der Waals surface area contributed by atoms with E-state index in [2.05, 4.69) is 10.6 Å². The molecule has 2 rings (SSSR count). The molecule has 0 saturated carbocycles. The van der Waals surface area contributed by atoms with Gasteiger partial charge in [-0.05, 0) is 19.3 Å². The third-order valence-electron chi connectivity index (χ3n) is 3.77. The fraction of sp³-hybridized carbons (Fsp3) is 0.846. The van der Waals surface area contributed by atoms with E-state index in [0.717, 1.165) is 45.4 Å². The molecule has 0 aromatic rings. The molecule has 1 atom stereocenters. The Morgan fingerprint density at radius 2 is 2.17 bits per heavy atom. The normalized spacial score (nSPS) is 23.8. The summed E-state index contributed by atoms with van der Waals surface area (Å²) >= 11 is 0. The fourth-order valence-electron chi connectivity index (χ4n) is 2.55. The van der Waals surface area contributed by atoms with Crippen molar-refractivity contribution in [1.82, 2.24) is 15.5 Å². The summed E-state index contributed by atoms with van der Waals surface area (Å²) in [5.74, 6) is 0.722. The number of carbonyl (C=O) groups excluding carboxylic acids is 2. The highest BCUT2D eigenvalue weighted by atomic mass is 16.2. The van der Waals surface area contributed by atoms with Crippen LogP contribution in [0.4, 0.5) is 0 Å². The lowest BCUT2D eigenvalue weighted by Gasteiger charge is -2.29. The Morgan fingerprint density at radius 3 is 2.78 bits per heavy atom. The molecular formula is C13H23N3O2. The molecule has 0 radical (unpaired) electrons. The maximum absolute atomic E-state index is 12.1. The number of carbonyl (C=O) groups is 2. The molecule has 18 heavy (non-hydrogen) atoms. The van der Waals surface area contributed by atoms with Gasteiger partial charge < -0.3 is 15.5 Å². The third kappa shape index (κ3) is 3.02. The van der Waals surface area contributed by atoms with Gasteiger partial charge in [-0.2, -0.15) is 0 Å². The first-order valence-corrected chi connectivity index (χ1v) is 7.00. The van der Waals surface area contributed by atoms with E-state index in [1.54, 1.807) is 4.90 Å². The Balaban J connectivity index is 1.81. The molecule has 2 amide bonds. The van der Waals surface area contributed by atoms with Gasteiger partial charge in [0.2, 0.25) is 11.8 Å². The first kappa shape index (κ1) is 13.3. The smallest absolute Gasteiger partial charge is 0.242 e. The average Bonchev–Trinajstić information content (AvgIpc) is 2.75. The van der Waals surface area contributed by atoms with E-state index < -0.39 is 0 Å². The Kier molecular flexibility index (Phi) is 4.58. The van der Waals surface area contributed by atoms with Crippen LogP contribution in [0.5, 0.6) is 0 Å². The van der Waals surface area contributed by atoms with Crippen molar-refractivity contribution in [1.29, 1.82) is 0 Å². The zero-order chi connectivity index (χ0) is 13.0. The molecule has 2 N–H and O–H groups in total. The van der Waals surface area contributed by atoms with Crippen LogP contribution < -0.4 is 10.6 Å². The van der Waals surface area contributed by atoms with Crippen molar-refractivity contribution >= 4 is 11.8 Å². The van der Waals surface area contributed by atoms with Crippen molar-refractivity contribution in [2.75, 3.05) is 26.2 Å². The molecule has 0 bridgehead atoms. The van der Waals surface area contributed by atoms with Gasteiger partial charge in [0, 0.05) is 38.5 Å². The van der Waals surface area contributed by atoms with Crippen LogP contribution in [0.2, 0.25) is 0 Å². The number of likely N-dealkylation sites (tertiary alicyclic amines) is 1. The van der Waals surface area contributed by atoms with Gasteiger partial charge >= 0.3 is 0 Å². The topological polar surface area (TPSA) is 61.4 Å². The molecule has 2 saturated heterocycles. The van der Waals surface area contributed by atoms with Crippen molar-refractivity contribution < 1.29 is 9.59 Å². The van der Waals surface area contributed by atoms with Gasteiger partial charge in [0.25, 0.3) is 0 Å². The SMILES string of the molecule is CCCC(=O)N1CCCC1C(=O)NCC1CNC1. The highest BCUT2D eigenvalue weighted by Gasteiger charge is 2.33. The fourth-order valence-corrected chi connectivity index (χ4v) is 2.55. The van der Waals surface area contributed by atoms with E-state index in [9.17, 15) is 9.59 Å². The van der Waals surface area contributed by atoms with Gasteiger partial charge in [0.1, 0.15) is 6.04 Å². The molecule has 0 aromatic heterocycles. The van der Waals surface area contributed by atoms with Crippen LogP contribution in [0.25, 0.3) is 0 Å². The summed E-state index contributed by atoms with van der Waals surface area (Å²) in [7, 11) is 0. The van der Waals surface area contributed by atoms with E-state index >= 15 is 0 Å². The van der Waals surface area contributed by atoms with Gasteiger partial charge in [-0.25, -0.2) is 0 Å². The van der Waals surface area contributed by atoms with Crippen molar-refractivity contribution in [3.8, 4) is 0 Å². The van der Waals surface area contributed by atoms with Crippen LogP contribution in [0.15, 0.2) is 0 Å². The summed E-state index contributed by atoms with van der Waals surface area (Å²) in [6.45, 7) is 5.44. The Bertz CT molecular complexity index is 315. The Morgan fingerprint density at radius 1 is 1.39 bits per heavy atom. The van der Waals surface area contributed by atoms with E-state index in [1.165, 1.54) is 0 Å². The summed E-state index contributed by atoms with van der Waals surface area (Å²) in [5.41, 5.74) is 0. The third-order valence-corrected chi connectivity index (χ3v) is 3.77. The Labute approximate surface area is 108 Å². The predicted octanol–water partition coefficient (Wildman–Crippen LogP) is 0.113. The number of amides is 2. The summed E-state index contributed by atoms with van der Waals surface area (Å²) in [6.07, 6.45) is 3.15. The minimum absolute atomic E-state index is 0.0313. The van der Waals surface area contributed by atoms with Crippen molar-refractivity contribution in [2.24, 2.45) is 5.92 Å². The predicted molar refractivity (Wildman–Crippen MR) is 69.0 cm³/mol. The minimum atomic E-state index is -0.225. The molecule has 102 valence electrons. The quantitative estimate of drug-likeness (QED) is 0.731. The molecule has 2 fully saturated rings. The summed E-state index contributed by atoms with van der Waals surface area (Å²) < 4.78 is 0. The van der Waals surface area contributed by atoms with Crippen LogP contribution in [0.3, 0.4) is 0 Å². The first-order valence-electron chi connectivity index (χ1n) is 7.00. The largest absolute Gasteiger partial charge is 0.354 e. The second-order valence-electron chi connectivity index (χ2n) is 5.26. The molecule has 5 heteroatoms. The highest BCUT2D eigenvalue weighted by molar-refractivity contribution is 5.88. The zero-order valence-electron chi connectivity index (χ0n) is 11.1. The molecule has 0 spiro atoms. The molecule has 0 aliphatic carbocycles. The molecule has 5 nitrogen and oxygen atoms in total. The Hall–Kier alpha value is -1.10. The van der Waals surface area contributed by atoms with E-state index in [1.807, 2.05) is 6.92 Å². The summed E-state index contributed by atoms with van der Waals surface area (Å²) in [6, 6.07) is -0.225. The maximum atomic E-state index is 12.1. The molecule has 0 aromatic carbocycles. The average molecular weight is 253 g/mol. The molecule has 2 heterocycles. The molecule has 2 aliphatic heterocycles. The number of nitrogens with zero attached hydrogens (tertiary/aromatic N) is 1. The van der Waals surface area contributed by atoms with Crippen molar-refractivity contribution in [3.05, 3.63) is 0 Å². The molecule has 2 aliphatic rings. The van der Waals surface area contributed by atoms with Crippen molar-refractivity contribution in [3.63, 3.8) is 0 Å². The molecular weight excluding hydrogens is 230 g/mol. The monoisotopic (exact) mass is 253 g/mol. The highest BCUT2D eigenvalue weighted by Crippen LogP contribution is 2.19. The van der Waals surface area contributed by atoms with Gasteiger partial charge in [0.15, 0.2) is 0 Å². The van der Waals surface area contributed by atoms with Crippen LogP contribution >= 0.6 is 0 Å². The molecule has 1 unspecified atom stereocenters. The van der Waals surface area contributed by atoms with Crippen LogP contribution in [-0.2, 0) is 9.59 Å². The minimum Gasteiger partial charge on any atom is -0.354 e. The van der Waals surface area contributed by atoms with E-state index in [0.29, 0.717) is 12.3 Å². The van der Waals surface area contributed by atoms with Gasteiger partial charge in [0.05, 0.1) is 0 Å². The maximum Gasteiger partial charge on any atom is 0.242 e. The lowest BCUT2D eigenvalue weighted by atomic mass is 10.0. The lowest BCUT2D eigenvalue weighted by molar-refractivity contribution is -0.138. The van der Waals surface area contributed by atoms with Gasteiger partial charge in [-0.1, -0.05) is 6.92 Å². The van der Waals surface area contributed by atoms with Gasteiger partial charge in [-0.15, -0.1) is 0 Å². The number of hydrogen-bond acceptors (Lipinski definition) is 3. The van der Waals surface area contributed by atoms with E-state index in [-0.39, 0.29) is 17.9 Å². The van der Waals surface area contributed by atoms with Crippen LogP contribution in [0, 0.1) is 5.92 Å². The lowest BCUT2D eigenvalue weighted by Crippen LogP contribution is -2.51. The standard InChI is InChI=1S/C13H23N3O2/c1-2-4-12(17)16-6-3-5-11(16)13(18)15-9-10-7-14-8-10/h10-11,14H,2-9H2,1H3,(H,15,18). The van der Waals surface area contributed by atoms with Crippen LogP contribution in [-0.4, -0.2) is 48.9 Å². The van der Waals surface area contributed by atoms with Crippen LogP contribution in [0.1, 0.15) is 32.6 Å². The van der Waals surface area contributed by atoms with Crippen molar-refractivity contribution in [2.45, 2.75) is 38.6 Å².